The Balaban J connectivity index is 3.12. The number of likely N-dealkylation sites (tertiary alicyclic amines) is 1. The highest BCUT2D eigenvalue weighted by atomic mass is 16.4. The molecule has 1 saturated heterocycles. The predicted octanol–water partition coefficient (Wildman–Crippen LogP) is 2.08. The molecule has 2 N–H and O–H groups in total. The van der Waals surface area contributed by atoms with Crippen LogP contribution in [0.25, 0.3) is 0 Å². The third kappa shape index (κ3) is 2.34. The zero-order chi connectivity index (χ0) is 13.3. The number of aliphatic hydroxyl groups is 1. The molecule has 1 aliphatic rings. The summed E-state index contributed by atoms with van der Waals surface area (Å²) in [6.07, 6.45) is 0.367. The molecule has 1 rings (SSSR count). The van der Waals surface area contributed by atoms with E-state index in [4.69, 9.17) is 5.11 Å². The lowest BCUT2D eigenvalue weighted by Gasteiger charge is -2.42. The molecular formula is C12H20NO4+. The van der Waals surface area contributed by atoms with Gasteiger partial charge in [-0.25, -0.2) is 4.48 Å². The van der Waals surface area contributed by atoms with E-state index in [0.29, 0.717) is 18.5 Å². The van der Waals surface area contributed by atoms with Gasteiger partial charge in [-0.2, -0.15) is 4.79 Å². The van der Waals surface area contributed by atoms with Crippen molar-refractivity contribution in [2.45, 2.75) is 39.2 Å². The van der Waals surface area contributed by atoms with Gasteiger partial charge >= 0.3 is 6.09 Å². The molecule has 96 valence electrons. The molecule has 1 amide bonds. The fraction of sp³-hybridized carbons (Fsp3) is 0.667. The number of rotatable bonds is 0. The van der Waals surface area contributed by atoms with E-state index in [1.54, 1.807) is 0 Å². The minimum absolute atomic E-state index is 0.143. The van der Waals surface area contributed by atoms with Crippen LogP contribution in [0.2, 0.25) is 0 Å². The average molecular weight is 242 g/mol. The van der Waals surface area contributed by atoms with Gasteiger partial charge in [-0.15, -0.1) is 0 Å². The molecule has 1 heterocycles. The van der Waals surface area contributed by atoms with Gasteiger partial charge in [-0.1, -0.05) is 0 Å². The van der Waals surface area contributed by atoms with Crippen molar-refractivity contribution in [1.82, 2.24) is 0 Å². The van der Waals surface area contributed by atoms with Gasteiger partial charge in [0.1, 0.15) is 5.54 Å². The highest BCUT2D eigenvalue weighted by molar-refractivity contribution is 5.95. The molecular weight excluding hydrogens is 222 g/mol. The molecule has 0 spiro atoms. The molecule has 0 bridgehead atoms. The Hall–Kier alpha value is -1.36. The molecule has 0 aliphatic carbocycles. The molecule has 5 nitrogen and oxygen atoms in total. The van der Waals surface area contributed by atoms with E-state index in [2.05, 4.69) is 0 Å². The molecule has 0 aromatic heterocycles. The molecule has 17 heavy (non-hydrogen) atoms. The van der Waals surface area contributed by atoms with E-state index in [9.17, 15) is 14.7 Å². The fourth-order valence-electron chi connectivity index (χ4n) is 2.30. The summed E-state index contributed by atoms with van der Waals surface area (Å²) in [5.41, 5.74) is -0.146. The highest BCUT2D eigenvalue weighted by Gasteiger charge is 2.49. The Bertz CT molecular complexity index is 367. The number of carbonyl (C=O) groups is 2. The SMILES string of the molecule is CC(C)(C)[N+]1(C(=O)O)CCC(=O)C(=CO)CC1. The Morgan fingerprint density at radius 1 is 1.29 bits per heavy atom. The van der Waals surface area contributed by atoms with E-state index >= 15 is 0 Å². The quantitative estimate of drug-likeness (QED) is 0.387. The van der Waals surface area contributed by atoms with Crippen LogP contribution in [0.3, 0.4) is 0 Å². The number of amides is 1. The van der Waals surface area contributed by atoms with Gasteiger partial charge in [0.2, 0.25) is 0 Å². The minimum atomic E-state index is -0.913. The van der Waals surface area contributed by atoms with E-state index < -0.39 is 11.6 Å². The van der Waals surface area contributed by atoms with E-state index in [1.165, 1.54) is 0 Å². The zero-order valence-electron chi connectivity index (χ0n) is 10.6. The monoisotopic (exact) mass is 242 g/mol. The molecule has 0 saturated carbocycles. The maximum Gasteiger partial charge on any atom is 0.514 e. The molecule has 1 atom stereocenters. The first-order valence-corrected chi connectivity index (χ1v) is 5.72. The van der Waals surface area contributed by atoms with Crippen LogP contribution in [0.4, 0.5) is 4.79 Å². The standard InChI is InChI=1S/C12H19NO4/c1-12(2,3)13(11(16)17)6-4-9(8-14)10(15)5-7-13/h8H,4-7H2,1-3H3,(H-,14,15,16,17)/p+1. The second kappa shape index (κ2) is 4.49. The van der Waals surface area contributed by atoms with Gasteiger partial charge in [0, 0.05) is 12.0 Å². The molecule has 0 aromatic carbocycles. The van der Waals surface area contributed by atoms with Gasteiger partial charge in [0.25, 0.3) is 0 Å². The Morgan fingerprint density at radius 3 is 2.24 bits per heavy atom. The number of Topliss-reactive ketones (excluding diaryl/α,β-unsaturated/α-hetero) is 1. The molecule has 0 radical (unpaired) electrons. The van der Waals surface area contributed by atoms with Crippen molar-refractivity contribution in [3.05, 3.63) is 11.8 Å². The van der Waals surface area contributed by atoms with Crippen molar-refractivity contribution in [2.75, 3.05) is 13.1 Å². The largest absolute Gasteiger partial charge is 0.515 e. The van der Waals surface area contributed by atoms with Crippen molar-refractivity contribution in [1.29, 1.82) is 0 Å². The Kier molecular flexibility index (Phi) is 3.62. The molecule has 1 unspecified atom stereocenters. The van der Waals surface area contributed by atoms with Gasteiger partial charge < -0.3 is 10.2 Å². The van der Waals surface area contributed by atoms with Crippen molar-refractivity contribution in [3.63, 3.8) is 0 Å². The highest BCUT2D eigenvalue weighted by Crippen LogP contribution is 2.30. The van der Waals surface area contributed by atoms with Gasteiger partial charge in [0.15, 0.2) is 5.78 Å². The van der Waals surface area contributed by atoms with Crippen LogP contribution in [0.15, 0.2) is 11.8 Å². The van der Waals surface area contributed by atoms with E-state index in [-0.39, 0.29) is 23.2 Å². The summed E-state index contributed by atoms with van der Waals surface area (Å²) in [5, 5.41) is 18.4. The fourth-order valence-corrected chi connectivity index (χ4v) is 2.30. The third-order valence-corrected chi connectivity index (χ3v) is 3.65. The number of quaternary nitrogens is 1. The van der Waals surface area contributed by atoms with E-state index in [0.717, 1.165) is 6.26 Å². The summed E-state index contributed by atoms with van der Waals surface area (Å²) in [6.45, 7) is 6.18. The lowest BCUT2D eigenvalue weighted by molar-refractivity contribution is -0.902. The van der Waals surface area contributed by atoms with Crippen molar-refractivity contribution in [2.24, 2.45) is 0 Å². The topological polar surface area (TPSA) is 74.6 Å². The number of carboxylic acid groups (broad SMARTS) is 1. The number of ketones is 1. The summed E-state index contributed by atoms with van der Waals surface area (Å²) in [6, 6.07) is 0. The first-order chi connectivity index (χ1) is 7.74. The molecule has 5 heteroatoms. The van der Waals surface area contributed by atoms with Crippen LogP contribution in [0.5, 0.6) is 0 Å². The maximum atomic E-state index is 11.7. The lowest BCUT2D eigenvalue weighted by atomic mass is 10.0. The summed E-state index contributed by atoms with van der Waals surface area (Å²) in [7, 11) is 0. The Morgan fingerprint density at radius 2 is 1.82 bits per heavy atom. The van der Waals surface area contributed by atoms with Crippen LogP contribution < -0.4 is 0 Å². The summed E-state index contributed by atoms with van der Waals surface area (Å²) < 4.78 is -0.143. The lowest BCUT2D eigenvalue weighted by Crippen LogP contribution is -2.63. The number of hydrogen-bond acceptors (Lipinski definition) is 3. The van der Waals surface area contributed by atoms with Crippen molar-refractivity contribution < 1.29 is 24.3 Å². The number of aliphatic hydroxyl groups excluding tert-OH is 1. The van der Waals surface area contributed by atoms with Crippen LogP contribution in [0.1, 0.15) is 33.6 Å². The van der Waals surface area contributed by atoms with Crippen molar-refractivity contribution in [3.8, 4) is 0 Å². The second-order valence-corrected chi connectivity index (χ2v) is 5.45. The van der Waals surface area contributed by atoms with E-state index in [1.807, 2.05) is 20.8 Å². The molecule has 0 aromatic rings. The van der Waals surface area contributed by atoms with Gasteiger partial charge in [0.05, 0.1) is 25.8 Å². The number of carbonyl (C=O) groups excluding carboxylic acids is 1. The normalized spacial score (nSPS) is 29.1. The second-order valence-electron chi connectivity index (χ2n) is 5.45. The van der Waals surface area contributed by atoms with Crippen LogP contribution in [0, 0.1) is 0 Å². The summed E-state index contributed by atoms with van der Waals surface area (Å²) in [4.78, 5) is 23.2. The Labute approximate surface area is 101 Å². The van der Waals surface area contributed by atoms with Crippen LogP contribution in [-0.2, 0) is 4.79 Å². The summed E-state index contributed by atoms with van der Waals surface area (Å²) >= 11 is 0. The summed E-state index contributed by atoms with van der Waals surface area (Å²) in [5.74, 6) is -0.155. The number of nitrogens with zero attached hydrogens (tertiary/aromatic N) is 1. The smallest absolute Gasteiger partial charge is 0.514 e. The zero-order valence-corrected chi connectivity index (χ0v) is 10.6. The minimum Gasteiger partial charge on any atom is -0.515 e. The van der Waals surface area contributed by atoms with Crippen LogP contribution in [-0.4, -0.2) is 45.2 Å². The first-order valence-electron chi connectivity index (χ1n) is 5.72. The first kappa shape index (κ1) is 13.7. The van der Waals surface area contributed by atoms with Crippen molar-refractivity contribution >= 4 is 11.9 Å². The third-order valence-electron chi connectivity index (χ3n) is 3.65. The predicted molar refractivity (Wildman–Crippen MR) is 62.7 cm³/mol. The van der Waals surface area contributed by atoms with Gasteiger partial charge in [-0.05, 0) is 20.8 Å². The molecule has 1 fully saturated rings. The number of hydrogen-bond donors (Lipinski definition) is 2. The van der Waals surface area contributed by atoms with Gasteiger partial charge in [-0.3, -0.25) is 4.79 Å². The van der Waals surface area contributed by atoms with Crippen LogP contribution >= 0.6 is 0 Å². The average Bonchev–Trinajstić information content (AvgIpc) is 2.37. The molecule has 1 aliphatic heterocycles. The maximum absolute atomic E-state index is 11.7.